The number of rotatable bonds is 5. The maximum atomic E-state index is 8.64. The highest BCUT2D eigenvalue weighted by molar-refractivity contribution is 5.36. The van der Waals surface area contributed by atoms with E-state index >= 15 is 0 Å². The minimum absolute atomic E-state index is 0.0839. The Kier molecular flexibility index (Phi) is 6.49. The van der Waals surface area contributed by atoms with Crippen molar-refractivity contribution in [3.63, 3.8) is 0 Å². The molecule has 0 bridgehead atoms. The summed E-state index contributed by atoms with van der Waals surface area (Å²) in [6, 6.07) is 8.88. The number of hydrogen-bond donors (Lipinski definition) is 1. The second kappa shape index (κ2) is 7.92. The van der Waals surface area contributed by atoms with Gasteiger partial charge >= 0.3 is 0 Å². The van der Waals surface area contributed by atoms with Gasteiger partial charge in [-0.3, -0.25) is 4.90 Å². The molecule has 98 valence electrons. The van der Waals surface area contributed by atoms with E-state index in [2.05, 4.69) is 49.6 Å². The van der Waals surface area contributed by atoms with Crippen LogP contribution in [0.5, 0.6) is 0 Å². The lowest BCUT2D eigenvalue weighted by Crippen LogP contribution is -2.31. The molecule has 0 radical (unpaired) electrons. The topological polar surface area (TPSA) is 23.5 Å². The fourth-order valence-electron chi connectivity index (χ4n) is 1.91. The van der Waals surface area contributed by atoms with Crippen LogP contribution < -0.4 is 0 Å². The molecular weight excluding hydrogens is 222 g/mol. The van der Waals surface area contributed by atoms with Crippen LogP contribution in [-0.2, 0) is 6.54 Å². The monoisotopic (exact) mass is 245 g/mol. The average molecular weight is 245 g/mol. The zero-order valence-corrected chi connectivity index (χ0v) is 11.6. The third kappa shape index (κ3) is 4.52. The molecule has 0 saturated heterocycles. The molecule has 0 aliphatic rings. The van der Waals surface area contributed by atoms with Gasteiger partial charge < -0.3 is 5.11 Å². The fourth-order valence-corrected chi connectivity index (χ4v) is 1.91. The molecule has 2 nitrogen and oxygen atoms in total. The second-order valence-electron chi connectivity index (χ2n) is 4.48. The summed E-state index contributed by atoms with van der Waals surface area (Å²) < 4.78 is 0. The zero-order chi connectivity index (χ0) is 13.4. The molecule has 1 atom stereocenters. The van der Waals surface area contributed by atoms with Gasteiger partial charge in [-0.2, -0.15) is 0 Å². The first-order valence-electron chi connectivity index (χ1n) is 6.64. The van der Waals surface area contributed by atoms with E-state index in [9.17, 15) is 0 Å². The van der Waals surface area contributed by atoms with Gasteiger partial charge in [0.05, 0.1) is 0 Å². The van der Waals surface area contributed by atoms with Crippen molar-refractivity contribution >= 4 is 0 Å². The van der Waals surface area contributed by atoms with Crippen LogP contribution in [0.3, 0.4) is 0 Å². The highest BCUT2D eigenvalue weighted by Gasteiger charge is 2.09. The molecule has 1 N–H and O–H groups in total. The Balaban J connectivity index is 2.67. The predicted octanol–water partition coefficient (Wildman–Crippen LogP) is 2.65. The Labute approximate surface area is 111 Å². The van der Waals surface area contributed by atoms with Crippen LogP contribution in [0, 0.1) is 11.8 Å². The number of nitrogens with zero attached hydrogens (tertiary/aromatic N) is 1. The summed E-state index contributed by atoms with van der Waals surface area (Å²) >= 11 is 0. The predicted molar refractivity (Wildman–Crippen MR) is 76.2 cm³/mol. The van der Waals surface area contributed by atoms with Crippen molar-refractivity contribution in [3.8, 4) is 11.8 Å². The largest absolute Gasteiger partial charge is 0.384 e. The maximum Gasteiger partial charge on any atom is 0.104 e. The van der Waals surface area contributed by atoms with Crippen molar-refractivity contribution in [2.75, 3.05) is 13.2 Å². The Morgan fingerprint density at radius 1 is 1.22 bits per heavy atom. The molecule has 0 saturated carbocycles. The number of benzene rings is 1. The van der Waals surface area contributed by atoms with Crippen molar-refractivity contribution in [2.24, 2.45) is 0 Å². The van der Waals surface area contributed by atoms with Gasteiger partial charge in [0.2, 0.25) is 0 Å². The standard InChI is InChI=1S/C16H23NO/c1-4-14(3)17(5-2)13-16-10-8-15(9-11-16)7-6-12-18/h8-11,14,18H,4-5,12-13H2,1-3H3. The Bertz CT molecular complexity index is 399. The van der Waals surface area contributed by atoms with Crippen molar-refractivity contribution in [1.82, 2.24) is 4.90 Å². The van der Waals surface area contributed by atoms with Crippen molar-refractivity contribution in [1.29, 1.82) is 0 Å². The highest BCUT2D eigenvalue weighted by atomic mass is 16.2. The first-order chi connectivity index (χ1) is 8.71. The van der Waals surface area contributed by atoms with Gasteiger partial charge in [0, 0.05) is 18.2 Å². The molecule has 1 aromatic carbocycles. The van der Waals surface area contributed by atoms with Crippen LogP contribution in [0.1, 0.15) is 38.3 Å². The molecular formula is C16H23NO. The highest BCUT2D eigenvalue weighted by Crippen LogP contribution is 2.11. The van der Waals surface area contributed by atoms with Gasteiger partial charge in [-0.15, -0.1) is 0 Å². The first-order valence-corrected chi connectivity index (χ1v) is 6.64. The first kappa shape index (κ1) is 14.8. The lowest BCUT2D eigenvalue weighted by atomic mass is 10.1. The maximum absolute atomic E-state index is 8.64. The summed E-state index contributed by atoms with van der Waals surface area (Å²) in [5.74, 6) is 5.57. The molecule has 0 heterocycles. The van der Waals surface area contributed by atoms with Gasteiger partial charge in [0.25, 0.3) is 0 Å². The van der Waals surface area contributed by atoms with Gasteiger partial charge in [-0.05, 0) is 37.6 Å². The Hall–Kier alpha value is -1.30. The summed E-state index contributed by atoms with van der Waals surface area (Å²) in [5, 5.41) is 8.64. The van der Waals surface area contributed by atoms with Crippen LogP contribution in [0.15, 0.2) is 24.3 Å². The van der Waals surface area contributed by atoms with Crippen LogP contribution in [0.25, 0.3) is 0 Å². The van der Waals surface area contributed by atoms with E-state index in [1.807, 2.05) is 12.1 Å². The van der Waals surface area contributed by atoms with Gasteiger partial charge in [-0.25, -0.2) is 0 Å². The van der Waals surface area contributed by atoms with Crippen molar-refractivity contribution in [3.05, 3.63) is 35.4 Å². The van der Waals surface area contributed by atoms with Gasteiger partial charge in [-0.1, -0.05) is 37.8 Å². The Morgan fingerprint density at radius 3 is 2.39 bits per heavy atom. The molecule has 1 unspecified atom stereocenters. The van der Waals surface area contributed by atoms with Crippen LogP contribution >= 0.6 is 0 Å². The fraction of sp³-hybridized carbons (Fsp3) is 0.500. The van der Waals surface area contributed by atoms with E-state index in [1.54, 1.807) is 0 Å². The Morgan fingerprint density at radius 2 is 1.89 bits per heavy atom. The van der Waals surface area contributed by atoms with Gasteiger partial charge in [0.1, 0.15) is 6.61 Å². The summed E-state index contributed by atoms with van der Waals surface area (Å²) in [6.07, 6.45) is 1.17. The molecule has 0 spiro atoms. The van der Waals surface area contributed by atoms with Crippen LogP contribution in [-0.4, -0.2) is 29.2 Å². The van der Waals surface area contributed by atoms with Crippen molar-refractivity contribution in [2.45, 2.75) is 39.8 Å². The zero-order valence-electron chi connectivity index (χ0n) is 11.6. The molecule has 2 heteroatoms. The molecule has 0 amide bonds. The number of aliphatic hydroxyl groups excluding tert-OH is 1. The summed E-state index contributed by atoms with van der Waals surface area (Å²) in [6.45, 7) is 8.67. The second-order valence-corrected chi connectivity index (χ2v) is 4.48. The summed E-state index contributed by atoms with van der Waals surface area (Å²) in [5.41, 5.74) is 2.27. The average Bonchev–Trinajstić information content (AvgIpc) is 2.43. The van der Waals surface area contributed by atoms with E-state index < -0.39 is 0 Å². The number of hydrogen-bond acceptors (Lipinski definition) is 2. The third-order valence-electron chi connectivity index (χ3n) is 3.27. The van der Waals surface area contributed by atoms with E-state index in [-0.39, 0.29) is 6.61 Å². The minimum atomic E-state index is -0.0839. The third-order valence-corrected chi connectivity index (χ3v) is 3.27. The lowest BCUT2D eigenvalue weighted by Gasteiger charge is -2.26. The van der Waals surface area contributed by atoms with Crippen molar-refractivity contribution < 1.29 is 5.11 Å². The van der Waals surface area contributed by atoms with E-state index in [0.717, 1.165) is 18.7 Å². The van der Waals surface area contributed by atoms with Gasteiger partial charge in [0.15, 0.2) is 0 Å². The van der Waals surface area contributed by atoms with E-state index in [4.69, 9.17) is 5.11 Å². The molecule has 0 fully saturated rings. The smallest absolute Gasteiger partial charge is 0.104 e. The molecule has 18 heavy (non-hydrogen) atoms. The van der Waals surface area contributed by atoms with E-state index in [0.29, 0.717) is 6.04 Å². The SMILES string of the molecule is CCC(C)N(CC)Cc1ccc(C#CCO)cc1. The van der Waals surface area contributed by atoms with Crippen LogP contribution in [0.2, 0.25) is 0 Å². The number of aliphatic hydroxyl groups is 1. The summed E-state index contributed by atoms with van der Waals surface area (Å²) in [7, 11) is 0. The lowest BCUT2D eigenvalue weighted by molar-refractivity contribution is 0.206. The molecule has 0 aromatic heterocycles. The van der Waals surface area contributed by atoms with Crippen LogP contribution in [0.4, 0.5) is 0 Å². The summed E-state index contributed by atoms with van der Waals surface area (Å²) in [4.78, 5) is 2.47. The van der Waals surface area contributed by atoms with E-state index in [1.165, 1.54) is 12.0 Å². The normalized spacial score (nSPS) is 12.1. The molecule has 1 rings (SSSR count). The minimum Gasteiger partial charge on any atom is -0.384 e. The molecule has 0 aliphatic carbocycles. The quantitative estimate of drug-likeness (QED) is 0.806. The molecule has 0 aliphatic heterocycles. The molecule has 1 aromatic rings.